The van der Waals surface area contributed by atoms with Crippen molar-refractivity contribution in [2.24, 2.45) is 0 Å². The van der Waals surface area contributed by atoms with E-state index in [0.717, 1.165) is 30.5 Å². The van der Waals surface area contributed by atoms with E-state index < -0.39 is 0 Å². The summed E-state index contributed by atoms with van der Waals surface area (Å²) in [7, 11) is 0. The van der Waals surface area contributed by atoms with Crippen LogP contribution in [0.5, 0.6) is 0 Å². The monoisotopic (exact) mass is 339 g/mol. The molecule has 2 unspecified atom stereocenters. The molecule has 2 atom stereocenters. The topological polar surface area (TPSA) is 30.5 Å². The number of ether oxygens (including phenoxy) is 2. The van der Waals surface area contributed by atoms with Gasteiger partial charge in [0, 0.05) is 23.7 Å². The van der Waals surface area contributed by atoms with Gasteiger partial charge in [-0.1, -0.05) is 28.1 Å². The van der Waals surface area contributed by atoms with E-state index in [2.05, 4.69) is 45.5 Å². The minimum atomic E-state index is 0.118. The van der Waals surface area contributed by atoms with Crippen LogP contribution in [0.15, 0.2) is 28.7 Å². The van der Waals surface area contributed by atoms with Gasteiger partial charge in [-0.2, -0.15) is 0 Å². The van der Waals surface area contributed by atoms with Crippen molar-refractivity contribution in [3.05, 3.63) is 34.3 Å². The highest BCUT2D eigenvalue weighted by Gasteiger charge is 2.24. The second-order valence-electron chi connectivity index (χ2n) is 5.69. The molecule has 0 radical (unpaired) electrons. The molecular weight excluding hydrogens is 318 g/mol. The maximum absolute atomic E-state index is 6.13. The molecule has 3 nitrogen and oxygen atoms in total. The lowest BCUT2D eigenvalue weighted by molar-refractivity contribution is -0.0210. The quantitative estimate of drug-likeness (QED) is 0.825. The van der Waals surface area contributed by atoms with Gasteiger partial charge in [0.15, 0.2) is 0 Å². The summed E-state index contributed by atoms with van der Waals surface area (Å²) >= 11 is 3.48. The molecule has 1 saturated heterocycles. The predicted octanol–water partition coefficient (Wildman–Crippen LogP) is 3.44. The fourth-order valence-corrected chi connectivity index (χ4v) is 2.78. The van der Waals surface area contributed by atoms with Crippen LogP contribution in [0.4, 0.5) is 0 Å². The van der Waals surface area contributed by atoms with Gasteiger partial charge < -0.3 is 14.8 Å². The Labute approximate surface area is 129 Å². The maximum Gasteiger partial charge on any atom is 0.0950 e. The van der Waals surface area contributed by atoms with Crippen molar-refractivity contribution in [3.63, 3.8) is 0 Å². The number of halogens is 1. The third-order valence-corrected chi connectivity index (χ3v) is 4.45. The summed E-state index contributed by atoms with van der Waals surface area (Å²) in [4.78, 5) is 0. The molecule has 1 aliphatic carbocycles. The SMILES string of the molecule is Brc1ccc(C(CNC2CC2)OCC2CCCO2)cc1. The zero-order chi connectivity index (χ0) is 13.8. The number of benzene rings is 1. The lowest BCUT2D eigenvalue weighted by Crippen LogP contribution is -2.27. The lowest BCUT2D eigenvalue weighted by atomic mass is 10.1. The van der Waals surface area contributed by atoms with Crippen LogP contribution in [0.25, 0.3) is 0 Å². The van der Waals surface area contributed by atoms with Crippen LogP contribution >= 0.6 is 15.9 Å². The summed E-state index contributed by atoms with van der Waals surface area (Å²) in [6.45, 7) is 2.48. The Morgan fingerprint density at radius 3 is 2.70 bits per heavy atom. The van der Waals surface area contributed by atoms with Gasteiger partial charge in [-0.05, 0) is 43.4 Å². The molecule has 0 spiro atoms. The average Bonchev–Trinajstić information content (AvgIpc) is 3.14. The Balaban J connectivity index is 1.57. The zero-order valence-corrected chi connectivity index (χ0v) is 13.3. The highest BCUT2D eigenvalue weighted by molar-refractivity contribution is 9.10. The van der Waals surface area contributed by atoms with Crippen molar-refractivity contribution in [3.8, 4) is 0 Å². The van der Waals surface area contributed by atoms with Crippen molar-refractivity contribution in [2.45, 2.75) is 43.9 Å². The molecule has 0 amide bonds. The Hall–Kier alpha value is -0.420. The molecule has 3 rings (SSSR count). The third kappa shape index (κ3) is 4.29. The van der Waals surface area contributed by atoms with Crippen LogP contribution in [-0.2, 0) is 9.47 Å². The van der Waals surface area contributed by atoms with Crippen molar-refractivity contribution < 1.29 is 9.47 Å². The first kappa shape index (κ1) is 14.5. The molecule has 1 aromatic carbocycles. The van der Waals surface area contributed by atoms with Gasteiger partial charge in [-0.3, -0.25) is 0 Å². The smallest absolute Gasteiger partial charge is 0.0950 e. The Kier molecular flexibility index (Phi) is 5.10. The number of hydrogen-bond acceptors (Lipinski definition) is 3. The van der Waals surface area contributed by atoms with E-state index in [1.807, 2.05) is 0 Å². The van der Waals surface area contributed by atoms with Gasteiger partial charge >= 0.3 is 0 Å². The minimum absolute atomic E-state index is 0.118. The van der Waals surface area contributed by atoms with E-state index in [9.17, 15) is 0 Å². The van der Waals surface area contributed by atoms with Crippen LogP contribution in [-0.4, -0.2) is 31.9 Å². The van der Waals surface area contributed by atoms with E-state index in [4.69, 9.17) is 9.47 Å². The normalized spacial score (nSPS) is 23.9. The summed E-state index contributed by atoms with van der Waals surface area (Å²) in [5, 5.41) is 3.57. The zero-order valence-electron chi connectivity index (χ0n) is 11.7. The molecule has 2 aliphatic rings. The van der Waals surface area contributed by atoms with Crippen molar-refractivity contribution >= 4 is 15.9 Å². The molecule has 0 bridgehead atoms. The second-order valence-corrected chi connectivity index (χ2v) is 6.61. The molecule has 0 aromatic heterocycles. The highest BCUT2D eigenvalue weighted by Crippen LogP contribution is 2.24. The van der Waals surface area contributed by atoms with Gasteiger partial charge in [0.25, 0.3) is 0 Å². The Morgan fingerprint density at radius 1 is 1.25 bits per heavy atom. The van der Waals surface area contributed by atoms with Crippen molar-refractivity contribution in [1.82, 2.24) is 5.32 Å². The molecule has 2 fully saturated rings. The Bertz CT molecular complexity index is 413. The first-order valence-corrected chi connectivity index (χ1v) is 8.32. The second kappa shape index (κ2) is 7.03. The molecule has 1 aromatic rings. The average molecular weight is 340 g/mol. The van der Waals surface area contributed by atoms with E-state index in [1.54, 1.807) is 0 Å². The van der Waals surface area contributed by atoms with Gasteiger partial charge in [0.05, 0.1) is 18.8 Å². The van der Waals surface area contributed by atoms with Crippen LogP contribution in [0.2, 0.25) is 0 Å². The fraction of sp³-hybridized carbons (Fsp3) is 0.625. The van der Waals surface area contributed by atoms with Gasteiger partial charge in [-0.25, -0.2) is 0 Å². The van der Waals surface area contributed by atoms with Gasteiger partial charge in [0.1, 0.15) is 0 Å². The number of nitrogens with one attached hydrogen (secondary N) is 1. The first-order chi connectivity index (χ1) is 9.81. The van der Waals surface area contributed by atoms with Gasteiger partial charge in [-0.15, -0.1) is 0 Å². The first-order valence-electron chi connectivity index (χ1n) is 7.53. The molecule has 1 saturated carbocycles. The molecule has 20 heavy (non-hydrogen) atoms. The highest BCUT2D eigenvalue weighted by atomic mass is 79.9. The largest absolute Gasteiger partial charge is 0.376 e. The fourth-order valence-electron chi connectivity index (χ4n) is 2.51. The molecular formula is C16H22BrNO2. The van der Waals surface area contributed by atoms with Crippen molar-refractivity contribution in [1.29, 1.82) is 0 Å². The van der Waals surface area contributed by atoms with Crippen LogP contribution in [0.3, 0.4) is 0 Å². The van der Waals surface area contributed by atoms with E-state index in [0.29, 0.717) is 12.6 Å². The summed E-state index contributed by atoms with van der Waals surface area (Å²) in [6, 6.07) is 9.14. The van der Waals surface area contributed by atoms with Crippen LogP contribution < -0.4 is 5.32 Å². The third-order valence-electron chi connectivity index (χ3n) is 3.92. The maximum atomic E-state index is 6.13. The van der Waals surface area contributed by atoms with E-state index in [1.165, 1.54) is 18.4 Å². The van der Waals surface area contributed by atoms with E-state index in [-0.39, 0.29) is 12.2 Å². The molecule has 1 heterocycles. The van der Waals surface area contributed by atoms with Crippen LogP contribution in [0.1, 0.15) is 37.4 Å². The molecule has 4 heteroatoms. The number of hydrogen-bond donors (Lipinski definition) is 1. The number of rotatable bonds is 7. The Morgan fingerprint density at radius 2 is 2.05 bits per heavy atom. The molecule has 110 valence electrons. The van der Waals surface area contributed by atoms with E-state index >= 15 is 0 Å². The predicted molar refractivity (Wildman–Crippen MR) is 82.8 cm³/mol. The van der Waals surface area contributed by atoms with Gasteiger partial charge in [0.2, 0.25) is 0 Å². The minimum Gasteiger partial charge on any atom is -0.376 e. The van der Waals surface area contributed by atoms with Crippen molar-refractivity contribution in [2.75, 3.05) is 19.8 Å². The summed E-state index contributed by atoms with van der Waals surface area (Å²) in [5.41, 5.74) is 1.24. The standard InChI is InChI=1S/C16H22BrNO2/c17-13-5-3-12(4-6-13)16(10-18-14-7-8-14)20-11-15-2-1-9-19-15/h3-6,14-16,18H,1-2,7-11H2. The lowest BCUT2D eigenvalue weighted by Gasteiger charge is -2.21. The molecule has 1 N–H and O–H groups in total. The van der Waals surface area contributed by atoms with Crippen LogP contribution in [0, 0.1) is 0 Å². The molecule has 1 aliphatic heterocycles. The summed E-state index contributed by atoms with van der Waals surface area (Å²) in [6.07, 6.45) is 5.31. The summed E-state index contributed by atoms with van der Waals surface area (Å²) < 4.78 is 12.9. The summed E-state index contributed by atoms with van der Waals surface area (Å²) in [5.74, 6) is 0.